The largest absolute Gasteiger partial charge is 0.471 e. The van der Waals surface area contributed by atoms with E-state index in [1.807, 2.05) is 10.2 Å². The highest BCUT2D eigenvalue weighted by Gasteiger charge is 2.39. The third-order valence-corrected chi connectivity index (χ3v) is 2.87. The molecule has 0 radical (unpaired) electrons. The molecule has 2 rings (SSSR count). The number of hydrogen-bond acceptors (Lipinski definition) is 3. The van der Waals surface area contributed by atoms with Crippen LogP contribution in [0, 0.1) is 0 Å². The molecule has 0 spiro atoms. The van der Waals surface area contributed by atoms with Gasteiger partial charge in [-0.1, -0.05) is 12.1 Å². The molecule has 1 aliphatic rings. The van der Waals surface area contributed by atoms with Gasteiger partial charge in [-0.05, 0) is 12.1 Å². The molecule has 0 aliphatic carbocycles. The van der Waals surface area contributed by atoms with Gasteiger partial charge in [-0.25, -0.2) is 0 Å². The third kappa shape index (κ3) is 3.37. The van der Waals surface area contributed by atoms with Crippen molar-refractivity contribution in [3.63, 3.8) is 0 Å². The maximum Gasteiger partial charge on any atom is 0.471 e. The molecule has 0 atom stereocenters. The number of para-hydroxylation sites is 2. The summed E-state index contributed by atoms with van der Waals surface area (Å²) in [7, 11) is 0. The SMILES string of the molecule is O=C(Nc1ccccc1N1CCNCC1)C(F)(F)F. The highest BCUT2D eigenvalue weighted by Crippen LogP contribution is 2.27. The number of nitrogens with one attached hydrogen (secondary N) is 2. The van der Waals surface area contributed by atoms with E-state index in [1.54, 1.807) is 18.2 Å². The topological polar surface area (TPSA) is 44.4 Å². The Hall–Kier alpha value is -1.76. The average Bonchev–Trinajstić information content (AvgIpc) is 2.39. The molecule has 7 heteroatoms. The third-order valence-electron chi connectivity index (χ3n) is 2.87. The van der Waals surface area contributed by atoms with Crippen molar-refractivity contribution < 1.29 is 18.0 Å². The summed E-state index contributed by atoms with van der Waals surface area (Å²) in [5.74, 6) is -1.95. The molecular weight excluding hydrogens is 259 g/mol. The van der Waals surface area contributed by atoms with Crippen LogP contribution in [0.5, 0.6) is 0 Å². The van der Waals surface area contributed by atoms with Crippen LogP contribution in [0.15, 0.2) is 24.3 Å². The minimum Gasteiger partial charge on any atom is -0.367 e. The predicted molar refractivity (Wildman–Crippen MR) is 66.2 cm³/mol. The monoisotopic (exact) mass is 273 g/mol. The summed E-state index contributed by atoms with van der Waals surface area (Å²) in [6, 6.07) is 6.51. The van der Waals surface area contributed by atoms with E-state index >= 15 is 0 Å². The van der Waals surface area contributed by atoms with Gasteiger partial charge in [0.25, 0.3) is 0 Å². The molecule has 0 aromatic heterocycles. The van der Waals surface area contributed by atoms with Crippen molar-refractivity contribution in [3.05, 3.63) is 24.3 Å². The molecule has 0 saturated carbocycles. The Morgan fingerprint density at radius 2 is 1.84 bits per heavy atom. The molecule has 1 aliphatic heterocycles. The molecule has 19 heavy (non-hydrogen) atoms. The van der Waals surface area contributed by atoms with Crippen molar-refractivity contribution in [1.29, 1.82) is 0 Å². The van der Waals surface area contributed by atoms with Gasteiger partial charge in [0.05, 0.1) is 11.4 Å². The maximum absolute atomic E-state index is 12.3. The lowest BCUT2D eigenvalue weighted by molar-refractivity contribution is -0.167. The summed E-state index contributed by atoms with van der Waals surface area (Å²) < 4.78 is 36.8. The molecule has 104 valence electrons. The standard InChI is InChI=1S/C12H14F3N3O/c13-12(14,15)11(19)17-9-3-1-2-4-10(9)18-7-5-16-6-8-18/h1-4,16H,5-8H2,(H,17,19). The highest BCUT2D eigenvalue weighted by molar-refractivity contribution is 5.97. The minimum absolute atomic E-state index is 0.187. The number of piperazine rings is 1. The average molecular weight is 273 g/mol. The first-order valence-corrected chi connectivity index (χ1v) is 5.91. The molecule has 1 aromatic rings. The van der Waals surface area contributed by atoms with Crippen LogP contribution >= 0.6 is 0 Å². The Morgan fingerprint density at radius 3 is 2.47 bits per heavy atom. The number of carbonyl (C=O) groups excluding carboxylic acids is 1. The molecular formula is C12H14F3N3O. The Morgan fingerprint density at radius 1 is 1.21 bits per heavy atom. The van der Waals surface area contributed by atoms with Gasteiger partial charge in [-0.3, -0.25) is 4.79 Å². The van der Waals surface area contributed by atoms with Crippen LogP contribution in [0.4, 0.5) is 24.5 Å². The number of nitrogens with zero attached hydrogens (tertiary/aromatic N) is 1. The molecule has 1 aromatic carbocycles. The summed E-state index contributed by atoms with van der Waals surface area (Å²) in [5, 5.41) is 5.08. The molecule has 0 unspecified atom stereocenters. The molecule has 1 amide bonds. The Bertz CT molecular complexity index is 456. The van der Waals surface area contributed by atoms with Crippen molar-refractivity contribution in [2.45, 2.75) is 6.18 Å². The van der Waals surface area contributed by atoms with Gasteiger partial charge in [0, 0.05) is 26.2 Å². The van der Waals surface area contributed by atoms with Crippen LogP contribution in [-0.4, -0.2) is 38.3 Å². The lowest BCUT2D eigenvalue weighted by atomic mass is 10.2. The Balaban J connectivity index is 2.18. The van der Waals surface area contributed by atoms with Gasteiger partial charge in [-0.2, -0.15) is 13.2 Å². The van der Waals surface area contributed by atoms with Gasteiger partial charge in [0.1, 0.15) is 0 Å². The zero-order valence-corrected chi connectivity index (χ0v) is 10.1. The van der Waals surface area contributed by atoms with E-state index in [0.29, 0.717) is 18.8 Å². The second-order valence-electron chi connectivity index (χ2n) is 4.21. The first-order valence-electron chi connectivity index (χ1n) is 5.91. The van der Waals surface area contributed by atoms with Crippen molar-refractivity contribution in [3.8, 4) is 0 Å². The molecule has 2 N–H and O–H groups in total. The van der Waals surface area contributed by atoms with Crippen molar-refractivity contribution in [2.24, 2.45) is 0 Å². The fourth-order valence-corrected chi connectivity index (χ4v) is 1.95. The number of benzene rings is 1. The first-order chi connectivity index (χ1) is 8.98. The van der Waals surface area contributed by atoms with Crippen LogP contribution in [0.2, 0.25) is 0 Å². The number of halogens is 3. The van der Waals surface area contributed by atoms with E-state index in [1.165, 1.54) is 6.07 Å². The van der Waals surface area contributed by atoms with Crippen LogP contribution in [-0.2, 0) is 4.79 Å². The molecule has 1 fully saturated rings. The number of carbonyl (C=O) groups is 1. The lowest BCUT2D eigenvalue weighted by Crippen LogP contribution is -2.44. The van der Waals surface area contributed by atoms with E-state index < -0.39 is 12.1 Å². The zero-order chi connectivity index (χ0) is 13.9. The molecule has 1 saturated heterocycles. The maximum atomic E-state index is 12.3. The minimum atomic E-state index is -4.88. The Kier molecular flexibility index (Phi) is 3.94. The number of alkyl halides is 3. The van der Waals surface area contributed by atoms with E-state index in [-0.39, 0.29) is 5.69 Å². The number of anilines is 2. The van der Waals surface area contributed by atoms with Crippen molar-refractivity contribution >= 4 is 17.3 Å². The predicted octanol–water partition coefficient (Wildman–Crippen LogP) is 1.60. The fraction of sp³-hybridized carbons (Fsp3) is 0.417. The van der Waals surface area contributed by atoms with Crippen LogP contribution in [0.25, 0.3) is 0 Å². The van der Waals surface area contributed by atoms with Crippen LogP contribution in [0.1, 0.15) is 0 Å². The quantitative estimate of drug-likeness (QED) is 0.860. The van der Waals surface area contributed by atoms with Crippen LogP contribution < -0.4 is 15.5 Å². The molecule has 4 nitrogen and oxygen atoms in total. The van der Waals surface area contributed by atoms with Crippen molar-refractivity contribution in [1.82, 2.24) is 5.32 Å². The van der Waals surface area contributed by atoms with Gasteiger partial charge in [0.2, 0.25) is 0 Å². The van der Waals surface area contributed by atoms with E-state index in [0.717, 1.165) is 13.1 Å². The first kappa shape index (κ1) is 13.7. The van der Waals surface area contributed by atoms with Gasteiger partial charge < -0.3 is 15.5 Å². The second kappa shape index (κ2) is 5.48. The highest BCUT2D eigenvalue weighted by atomic mass is 19.4. The van der Waals surface area contributed by atoms with Crippen LogP contribution in [0.3, 0.4) is 0 Å². The number of amides is 1. The normalized spacial score (nSPS) is 16.3. The smallest absolute Gasteiger partial charge is 0.367 e. The zero-order valence-electron chi connectivity index (χ0n) is 10.1. The summed E-state index contributed by atoms with van der Waals surface area (Å²) in [6.45, 7) is 2.92. The number of hydrogen-bond donors (Lipinski definition) is 2. The van der Waals surface area contributed by atoms with E-state index in [4.69, 9.17) is 0 Å². The Labute approximate surface area is 108 Å². The van der Waals surface area contributed by atoms with Crippen molar-refractivity contribution in [2.75, 3.05) is 36.4 Å². The van der Waals surface area contributed by atoms with Gasteiger partial charge in [0.15, 0.2) is 0 Å². The summed E-state index contributed by atoms with van der Waals surface area (Å²) >= 11 is 0. The summed E-state index contributed by atoms with van der Waals surface area (Å²) in [4.78, 5) is 12.9. The fourth-order valence-electron chi connectivity index (χ4n) is 1.95. The number of rotatable bonds is 2. The summed E-state index contributed by atoms with van der Waals surface area (Å²) in [5.41, 5.74) is 0.799. The summed E-state index contributed by atoms with van der Waals surface area (Å²) in [6.07, 6.45) is -4.88. The van der Waals surface area contributed by atoms with Gasteiger partial charge >= 0.3 is 12.1 Å². The lowest BCUT2D eigenvalue weighted by Gasteiger charge is -2.31. The van der Waals surface area contributed by atoms with E-state index in [2.05, 4.69) is 5.32 Å². The van der Waals surface area contributed by atoms with E-state index in [9.17, 15) is 18.0 Å². The molecule has 0 bridgehead atoms. The van der Waals surface area contributed by atoms with Gasteiger partial charge in [-0.15, -0.1) is 0 Å². The second-order valence-corrected chi connectivity index (χ2v) is 4.21. The molecule has 1 heterocycles.